The topological polar surface area (TPSA) is 59.1 Å². The minimum absolute atomic E-state index is 0. The number of imide groups is 1. The summed E-state index contributed by atoms with van der Waals surface area (Å²) in [6.45, 7) is 0.941. The fourth-order valence-corrected chi connectivity index (χ4v) is 4.34. The molecule has 2 amide bonds. The van der Waals surface area contributed by atoms with Crippen LogP contribution in [-0.4, -0.2) is 62.0 Å². The van der Waals surface area contributed by atoms with Crippen LogP contribution in [0.15, 0.2) is 59.7 Å². The maximum Gasteiger partial charge on any atom is 0.261 e. The fraction of sp³-hybridized carbons (Fsp3) is 0.357. The molecule has 2 aromatic rings. The molecule has 0 aromatic heterocycles. The van der Waals surface area contributed by atoms with Crippen LogP contribution in [0, 0.1) is 0 Å². The Balaban J connectivity index is 0.00000342. The van der Waals surface area contributed by atoms with Crippen LogP contribution < -0.4 is 9.47 Å². The molecule has 1 heterocycles. The van der Waals surface area contributed by atoms with Crippen molar-refractivity contribution in [2.75, 3.05) is 34.3 Å². The molecule has 0 radical (unpaired) electrons. The van der Waals surface area contributed by atoms with Crippen LogP contribution in [0.2, 0.25) is 0 Å². The zero-order valence-corrected chi connectivity index (χ0v) is 21.3. The van der Waals surface area contributed by atoms with Gasteiger partial charge in [-0.05, 0) is 75.2 Å². The zero-order valence-electron chi connectivity index (χ0n) is 20.5. The number of nitrogens with zero attached hydrogens (tertiary/aromatic N) is 2. The van der Waals surface area contributed by atoms with Gasteiger partial charge in [0.2, 0.25) is 0 Å². The minimum Gasteiger partial charge on any atom is -0.493 e. The summed E-state index contributed by atoms with van der Waals surface area (Å²) in [5.41, 5.74) is 2.44. The van der Waals surface area contributed by atoms with Crippen LogP contribution in [0.1, 0.15) is 36.8 Å². The Morgan fingerprint density at radius 3 is 2.14 bits per heavy atom. The second-order valence-electron chi connectivity index (χ2n) is 9.03. The highest BCUT2D eigenvalue weighted by Gasteiger charge is 2.38. The van der Waals surface area contributed by atoms with E-state index in [1.165, 1.54) is 17.7 Å². The van der Waals surface area contributed by atoms with Crippen LogP contribution in [0.5, 0.6) is 11.5 Å². The minimum atomic E-state index is -0.278. The van der Waals surface area contributed by atoms with Gasteiger partial charge in [-0.15, -0.1) is 12.4 Å². The Morgan fingerprint density at radius 2 is 1.54 bits per heavy atom. The quantitative estimate of drug-likeness (QED) is 0.387. The molecule has 0 spiro atoms. The molecule has 2 aromatic carbocycles. The van der Waals surface area contributed by atoms with E-state index in [1.54, 1.807) is 19.3 Å². The number of carbonyl (C=O) groups is 2. The van der Waals surface area contributed by atoms with E-state index in [1.807, 2.05) is 67.5 Å². The Labute approximate surface area is 213 Å². The predicted molar refractivity (Wildman–Crippen MR) is 141 cm³/mol. The summed E-state index contributed by atoms with van der Waals surface area (Å²) in [4.78, 5) is 29.8. The highest BCUT2D eigenvalue weighted by atomic mass is 35.5. The first-order valence-electron chi connectivity index (χ1n) is 11.8. The van der Waals surface area contributed by atoms with Gasteiger partial charge in [-0.25, -0.2) is 0 Å². The third-order valence-electron chi connectivity index (χ3n) is 6.22. The Morgan fingerprint density at radius 1 is 0.914 bits per heavy atom. The van der Waals surface area contributed by atoms with Crippen molar-refractivity contribution >= 4 is 36.4 Å². The molecule has 0 unspecified atom stereocenters. The lowest BCUT2D eigenvalue weighted by molar-refractivity contribution is -0.136. The number of likely N-dealkylation sites (N-methyl/N-ethyl adjacent to an activating group) is 1. The molecule has 186 valence electrons. The third-order valence-corrected chi connectivity index (χ3v) is 6.22. The summed E-state index contributed by atoms with van der Waals surface area (Å²) < 4.78 is 11.7. The normalized spacial score (nSPS) is 18.6. The molecule has 4 rings (SSSR count). The van der Waals surface area contributed by atoms with E-state index in [0.717, 1.165) is 24.0 Å². The molecule has 7 heteroatoms. The number of methoxy groups -OCH3 is 1. The van der Waals surface area contributed by atoms with Gasteiger partial charge in [0.15, 0.2) is 11.5 Å². The number of hydrogen-bond acceptors (Lipinski definition) is 5. The molecule has 0 N–H and O–H groups in total. The zero-order chi connectivity index (χ0) is 24.1. The van der Waals surface area contributed by atoms with Crippen molar-refractivity contribution in [1.82, 2.24) is 9.80 Å². The number of likely N-dealkylation sites (tertiary alicyclic amines) is 1. The second kappa shape index (κ2) is 12.0. The van der Waals surface area contributed by atoms with Crippen molar-refractivity contribution < 1.29 is 19.1 Å². The first-order chi connectivity index (χ1) is 16.5. The third kappa shape index (κ3) is 6.32. The maximum absolute atomic E-state index is 13.3. The highest BCUT2D eigenvalue weighted by molar-refractivity contribution is 6.28. The van der Waals surface area contributed by atoms with E-state index in [0.29, 0.717) is 35.7 Å². The van der Waals surface area contributed by atoms with Crippen LogP contribution >= 0.6 is 12.4 Å². The van der Waals surface area contributed by atoms with Crippen LogP contribution in [0.3, 0.4) is 0 Å². The van der Waals surface area contributed by atoms with Gasteiger partial charge in [-0.2, -0.15) is 0 Å². The molecular weight excluding hydrogens is 464 g/mol. The lowest BCUT2D eigenvalue weighted by Gasteiger charge is -2.16. The molecule has 35 heavy (non-hydrogen) atoms. The largest absolute Gasteiger partial charge is 0.493 e. The van der Waals surface area contributed by atoms with Crippen molar-refractivity contribution in [2.45, 2.75) is 31.8 Å². The summed E-state index contributed by atoms with van der Waals surface area (Å²) in [5.74, 6) is 0.781. The Kier molecular flexibility index (Phi) is 9.13. The highest BCUT2D eigenvalue weighted by Crippen LogP contribution is 2.34. The molecule has 1 saturated heterocycles. The summed E-state index contributed by atoms with van der Waals surface area (Å²) in [5, 5.41) is 0. The van der Waals surface area contributed by atoms with E-state index >= 15 is 0 Å². The molecular formula is C28H33ClN2O4. The lowest BCUT2D eigenvalue weighted by Crippen LogP contribution is -2.35. The Hall–Kier alpha value is -3.09. The van der Waals surface area contributed by atoms with E-state index in [2.05, 4.69) is 0 Å². The van der Waals surface area contributed by atoms with Gasteiger partial charge in [0, 0.05) is 13.1 Å². The first kappa shape index (κ1) is 26.5. The maximum atomic E-state index is 13.3. The number of hydrogen-bond donors (Lipinski definition) is 0. The van der Waals surface area contributed by atoms with E-state index in [9.17, 15) is 9.59 Å². The number of carbonyl (C=O) groups excluding carboxylic acids is 2. The van der Waals surface area contributed by atoms with Crippen LogP contribution in [0.4, 0.5) is 0 Å². The molecule has 1 aliphatic carbocycles. The van der Waals surface area contributed by atoms with E-state index < -0.39 is 0 Å². The summed E-state index contributed by atoms with van der Waals surface area (Å²) >= 11 is 0. The standard InChI is InChI=1S/C28H32N2O4.ClH/c1-29(2)15-16-30-27(31)23(17-20-9-5-4-6-10-20)24(28(30)32)18-21-13-14-25(26(19-21)33-3)34-22-11-7-8-12-22;/h4-6,9-10,13-14,17-19,22H,7-8,11-12,15-16H2,1-3H3;1H/b23-17+,24-18-;. The summed E-state index contributed by atoms with van der Waals surface area (Å²) in [6, 6.07) is 15.2. The van der Waals surface area contributed by atoms with Gasteiger partial charge >= 0.3 is 0 Å². The number of halogens is 1. The average molecular weight is 497 g/mol. The average Bonchev–Trinajstić information content (AvgIpc) is 3.42. The molecule has 1 saturated carbocycles. The van der Waals surface area contributed by atoms with Gasteiger partial charge in [-0.1, -0.05) is 36.4 Å². The first-order valence-corrected chi connectivity index (χ1v) is 11.8. The number of ether oxygens (including phenoxy) is 2. The van der Waals surface area contributed by atoms with E-state index in [-0.39, 0.29) is 30.3 Å². The molecule has 6 nitrogen and oxygen atoms in total. The summed E-state index contributed by atoms with van der Waals surface area (Å²) in [6.07, 6.45) is 8.27. The van der Waals surface area contributed by atoms with E-state index in [4.69, 9.17) is 9.47 Å². The van der Waals surface area contributed by atoms with Crippen molar-refractivity contribution in [1.29, 1.82) is 0 Å². The van der Waals surface area contributed by atoms with Crippen LogP contribution in [0.25, 0.3) is 12.2 Å². The molecule has 2 fully saturated rings. The SMILES string of the molecule is COc1cc(/C=C2\C(=O)N(CCN(C)C)C(=O)\C2=C\c2ccccc2)ccc1OC1CCCC1.Cl. The van der Waals surface area contributed by atoms with Gasteiger partial charge in [0.25, 0.3) is 11.8 Å². The van der Waals surface area contributed by atoms with Crippen molar-refractivity contribution in [3.8, 4) is 11.5 Å². The fourth-order valence-electron chi connectivity index (χ4n) is 4.34. The molecule has 2 aliphatic rings. The smallest absolute Gasteiger partial charge is 0.261 e. The van der Waals surface area contributed by atoms with Gasteiger partial charge in [0.1, 0.15) is 0 Å². The predicted octanol–water partition coefficient (Wildman–Crippen LogP) is 4.84. The Bertz CT molecular complexity index is 1110. The summed E-state index contributed by atoms with van der Waals surface area (Å²) in [7, 11) is 5.45. The van der Waals surface area contributed by atoms with Crippen molar-refractivity contribution in [3.63, 3.8) is 0 Å². The molecule has 1 aliphatic heterocycles. The second-order valence-corrected chi connectivity index (χ2v) is 9.03. The van der Waals surface area contributed by atoms with Crippen molar-refractivity contribution in [2.24, 2.45) is 0 Å². The number of benzene rings is 2. The van der Waals surface area contributed by atoms with Crippen molar-refractivity contribution in [3.05, 3.63) is 70.8 Å². The monoisotopic (exact) mass is 496 g/mol. The van der Waals surface area contributed by atoms with Gasteiger partial charge < -0.3 is 14.4 Å². The number of amides is 2. The van der Waals surface area contributed by atoms with Gasteiger partial charge in [-0.3, -0.25) is 14.5 Å². The molecule has 0 atom stereocenters. The molecule has 0 bridgehead atoms. The van der Waals surface area contributed by atoms with Gasteiger partial charge in [0.05, 0.1) is 24.4 Å². The van der Waals surface area contributed by atoms with Crippen LogP contribution in [-0.2, 0) is 9.59 Å². The lowest BCUT2D eigenvalue weighted by atomic mass is 10.0. The number of rotatable bonds is 8.